The van der Waals surface area contributed by atoms with E-state index in [1.54, 1.807) is 0 Å². The molecule has 0 saturated heterocycles. The Morgan fingerprint density at radius 3 is 2.88 bits per heavy atom. The highest BCUT2D eigenvalue weighted by Crippen LogP contribution is 1.90. The number of hydrogen-bond acceptors (Lipinski definition) is 5. The molecule has 5 heteroatoms. The predicted octanol–water partition coefficient (Wildman–Crippen LogP) is -1.10. The lowest BCUT2D eigenvalue weighted by atomic mass is 10.5. The van der Waals surface area contributed by atoms with Crippen molar-refractivity contribution in [3.05, 3.63) is 11.9 Å². The first-order valence-corrected chi connectivity index (χ1v) is 2.52. The van der Waals surface area contributed by atoms with Crippen molar-refractivity contribution < 1.29 is 9.90 Å². The summed E-state index contributed by atoms with van der Waals surface area (Å²) in [4.78, 5) is 9.86. The zero-order valence-corrected chi connectivity index (χ0v) is 4.51. The number of carbonyl (C=O) groups is 1. The van der Waals surface area contributed by atoms with E-state index in [2.05, 4.69) is 8.75 Å². The Balaban J connectivity index is 2.93. The normalized spacial score (nSPS) is 9.00. The zero-order chi connectivity index (χ0) is 5.98. The first-order valence-electron chi connectivity index (χ1n) is 1.79. The number of hydrogen-bond donors (Lipinski definition) is 0. The molecule has 1 rings (SSSR count). The Kier molecular flexibility index (Phi) is 1.21. The topological polar surface area (TPSA) is 65.9 Å². The lowest BCUT2D eigenvalue weighted by Gasteiger charge is -1.89. The standard InChI is InChI=1S/C3H2N2O2S/c6-3(7)2-1-4-8-5-2/h1H,(H,6,7)/p-1. The zero-order valence-electron chi connectivity index (χ0n) is 3.70. The van der Waals surface area contributed by atoms with E-state index >= 15 is 0 Å². The second-order valence-corrected chi connectivity index (χ2v) is 1.64. The van der Waals surface area contributed by atoms with Crippen LogP contribution in [0.3, 0.4) is 0 Å². The molecule has 0 radical (unpaired) electrons. The van der Waals surface area contributed by atoms with Crippen LogP contribution in [0.1, 0.15) is 10.5 Å². The summed E-state index contributed by atoms with van der Waals surface area (Å²) in [6.07, 6.45) is 1.15. The van der Waals surface area contributed by atoms with Gasteiger partial charge in [-0.05, 0) is 0 Å². The molecule has 0 atom stereocenters. The van der Waals surface area contributed by atoms with Crippen molar-refractivity contribution in [3.63, 3.8) is 0 Å². The monoisotopic (exact) mass is 129 g/mol. The first kappa shape index (κ1) is 5.17. The van der Waals surface area contributed by atoms with E-state index in [1.165, 1.54) is 0 Å². The van der Waals surface area contributed by atoms with Crippen molar-refractivity contribution >= 4 is 17.7 Å². The summed E-state index contributed by atoms with van der Waals surface area (Å²) < 4.78 is 6.84. The van der Waals surface area contributed by atoms with Gasteiger partial charge >= 0.3 is 0 Å². The Morgan fingerprint density at radius 1 is 1.88 bits per heavy atom. The van der Waals surface area contributed by atoms with E-state index in [9.17, 15) is 9.90 Å². The second kappa shape index (κ2) is 1.87. The molecule has 1 heterocycles. The molecule has 0 aromatic carbocycles. The Morgan fingerprint density at radius 2 is 2.62 bits per heavy atom. The summed E-state index contributed by atoms with van der Waals surface area (Å²) in [6.45, 7) is 0. The first-order chi connectivity index (χ1) is 3.80. The molecule has 0 fully saturated rings. The van der Waals surface area contributed by atoms with Gasteiger partial charge in [0.1, 0.15) is 5.69 Å². The maximum Gasteiger partial charge on any atom is 0.120 e. The summed E-state index contributed by atoms with van der Waals surface area (Å²) in [7, 11) is 0. The van der Waals surface area contributed by atoms with Crippen LogP contribution in [0.25, 0.3) is 0 Å². The second-order valence-electron chi connectivity index (χ2n) is 1.08. The third kappa shape index (κ3) is 0.812. The van der Waals surface area contributed by atoms with Crippen LogP contribution in [-0.2, 0) is 0 Å². The van der Waals surface area contributed by atoms with Crippen LogP contribution in [-0.4, -0.2) is 14.7 Å². The van der Waals surface area contributed by atoms with E-state index in [1.807, 2.05) is 0 Å². The van der Waals surface area contributed by atoms with E-state index in [0.29, 0.717) is 0 Å². The van der Waals surface area contributed by atoms with Gasteiger partial charge in [-0.15, -0.1) is 0 Å². The molecule has 0 spiro atoms. The Labute approximate surface area is 49.1 Å². The number of rotatable bonds is 1. The third-order valence-electron chi connectivity index (χ3n) is 0.570. The molecule has 0 unspecified atom stereocenters. The van der Waals surface area contributed by atoms with Gasteiger partial charge in [0.05, 0.1) is 23.9 Å². The van der Waals surface area contributed by atoms with Crippen molar-refractivity contribution in [1.82, 2.24) is 8.75 Å². The van der Waals surface area contributed by atoms with E-state index in [-0.39, 0.29) is 5.69 Å². The van der Waals surface area contributed by atoms with E-state index < -0.39 is 5.97 Å². The van der Waals surface area contributed by atoms with Crippen molar-refractivity contribution in [2.24, 2.45) is 0 Å². The van der Waals surface area contributed by atoms with Gasteiger partial charge in [-0.1, -0.05) is 0 Å². The molecule has 0 aliphatic rings. The van der Waals surface area contributed by atoms with Crippen LogP contribution in [0.15, 0.2) is 6.20 Å². The largest absolute Gasteiger partial charge is 0.543 e. The number of aromatic carboxylic acids is 1. The average Bonchev–Trinajstić information content (AvgIpc) is 2.12. The van der Waals surface area contributed by atoms with Gasteiger partial charge < -0.3 is 9.90 Å². The highest BCUT2D eigenvalue weighted by atomic mass is 32.1. The van der Waals surface area contributed by atoms with Gasteiger partial charge in [0, 0.05) is 0 Å². The summed E-state index contributed by atoms with van der Waals surface area (Å²) in [5.74, 6) is -1.28. The molecule has 0 bridgehead atoms. The smallest absolute Gasteiger partial charge is 0.120 e. The van der Waals surface area contributed by atoms with E-state index in [4.69, 9.17) is 0 Å². The number of aromatic nitrogens is 2. The van der Waals surface area contributed by atoms with Gasteiger partial charge in [-0.2, -0.15) is 8.75 Å². The number of carbonyl (C=O) groups excluding carboxylic acids is 1. The molecule has 1 aromatic heterocycles. The van der Waals surface area contributed by atoms with Crippen LogP contribution in [0, 0.1) is 0 Å². The van der Waals surface area contributed by atoms with Crippen LogP contribution in [0.2, 0.25) is 0 Å². The molecule has 0 aliphatic carbocycles. The third-order valence-corrected chi connectivity index (χ3v) is 1.05. The maximum atomic E-state index is 9.86. The van der Waals surface area contributed by atoms with Crippen molar-refractivity contribution in [1.29, 1.82) is 0 Å². The minimum atomic E-state index is -1.28. The minimum absolute atomic E-state index is 0.102. The van der Waals surface area contributed by atoms with Crippen molar-refractivity contribution in [2.75, 3.05) is 0 Å². The lowest BCUT2D eigenvalue weighted by molar-refractivity contribution is -0.255. The molecule has 1 aromatic rings. The molecule has 0 amide bonds. The van der Waals surface area contributed by atoms with Crippen LogP contribution in [0.4, 0.5) is 0 Å². The molecule has 8 heavy (non-hydrogen) atoms. The van der Waals surface area contributed by atoms with Gasteiger partial charge in [-0.3, -0.25) is 0 Å². The fourth-order valence-electron chi connectivity index (χ4n) is 0.255. The molecule has 0 aliphatic heterocycles. The van der Waals surface area contributed by atoms with Gasteiger partial charge in [-0.25, -0.2) is 0 Å². The summed E-state index contributed by atoms with van der Waals surface area (Å²) in [5.41, 5.74) is -0.102. The van der Waals surface area contributed by atoms with Gasteiger partial charge in [0.15, 0.2) is 0 Å². The summed E-state index contributed by atoms with van der Waals surface area (Å²) in [5, 5.41) is 9.86. The molecule has 42 valence electrons. The highest BCUT2D eigenvalue weighted by molar-refractivity contribution is 6.99. The lowest BCUT2D eigenvalue weighted by Crippen LogP contribution is -2.22. The van der Waals surface area contributed by atoms with E-state index in [0.717, 1.165) is 17.9 Å². The quantitative estimate of drug-likeness (QED) is 0.482. The molecule has 4 nitrogen and oxygen atoms in total. The molecule has 0 N–H and O–H groups in total. The van der Waals surface area contributed by atoms with Crippen LogP contribution in [0.5, 0.6) is 0 Å². The summed E-state index contributed by atoms with van der Waals surface area (Å²) in [6, 6.07) is 0. The van der Waals surface area contributed by atoms with Crippen molar-refractivity contribution in [2.45, 2.75) is 0 Å². The SMILES string of the molecule is O=C([O-])c1cnsn1. The Hall–Kier alpha value is -0.970. The number of nitrogens with zero attached hydrogens (tertiary/aromatic N) is 2. The number of carboxylic acid groups (broad SMARTS) is 1. The number of carboxylic acids is 1. The van der Waals surface area contributed by atoms with Gasteiger partial charge in [0.2, 0.25) is 0 Å². The minimum Gasteiger partial charge on any atom is -0.543 e. The van der Waals surface area contributed by atoms with Crippen LogP contribution >= 0.6 is 11.7 Å². The highest BCUT2D eigenvalue weighted by Gasteiger charge is 1.92. The molecular formula is C3HN2O2S-. The molecular weight excluding hydrogens is 128 g/mol. The fraction of sp³-hybridized carbons (Fsp3) is 0. The average molecular weight is 129 g/mol. The fourth-order valence-corrected chi connectivity index (χ4v) is 0.658. The summed E-state index contributed by atoms with van der Waals surface area (Å²) >= 11 is 0.847. The predicted molar refractivity (Wildman–Crippen MR) is 24.2 cm³/mol. The van der Waals surface area contributed by atoms with Crippen molar-refractivity contribution in [3.8, 4) is 0 Å². The van der Waals surface area contributed by atoms with Crippen LogP contribution < -0.4 is 5.11 Å². The maximum absolute atomic E-state index is 9.86. The Bertz CT molecular complexity index is 183. The van der Waals surface area contributed by atoms with Gasteiger partial charge in [0.25, 0.3) is 0 Å². The molecule has 0 saturated carbocycles.